The zero-order valence-corrected chi connectivity index (χ0v) is 8.18. The zero-order chi connectivity index (χ0) is 9.78. The molecular weight excluding hydrogens is 188 g/mol. The lowest BCUT2D eigenvalue weighted by Gasteiger charge is -1.95. The van der Waals surface area contributed by atoms with E-state index >= 15 is 0 Å². The average Bonchev–Trinajstić information content (AvgIpc) is 2.16. The first-order valence-electron chi connectivity index (χ1n) is 4.14. The molecule has 0 radical (unpaired) electrons. The van der Waals surface area contributed by atoms with Gasteiger partial charge in [0.15, 0.2) is 0 Å². The molecule has 0 saturated heterocycles. The number of unbranched alkanes of at least 4 members (excludes halogenated alkanes) is 3. The van der Waals surface area contributed by atoms with E-state index in [1.54, 1.807) is 0 Å². The number of nitrogens with zero attached hydrogens (tertiary/aromatic N) is 2. The van der Waals surface area contributed by atoms with Crippen LogP contribution in [0.4, 0.5) is 0 Å². The molecule has 0 heterocycles. The highest BCUT2D eigenvalue weighted by Crippen LogP contribution is 2.07. The highest BCUT2D eigenvalue weighted by molar-refractivity contribution is 7.98. The molecule has 0 spiro atoms. The first-order valence-corrected chi connectivity index (χ1v) is 5.09. The summed E-state index contributed by atoms with van der Waals surface area (Å²) in [5.41, 5.74) is 0. The lowest BCUT2D eigenvalue weighted by molar-refractivity contribution is 0.561. The molecule has 0 saturated carbocycles. The highest BCUT2D eigenvalue weighted by Gasteiger charge is 1.89. The predicted octanol–water partition coefficient (Wildman–Crippen LogP) is 1.87. The van der Waals surface area contributed by atoms with Gasteiger partial charge in [0.1, 0.15) is 0 Å². The van der Waals surface area contributed by atoms with Crippen molar-refractivity contribution < 1.29 is 9.59 Å². The Morgan fingerprint density at radius 1 is 1.00 bits per heavy atom. The third-order valence-corrected chi connectivity index (χ3v) is 2.10. The molecular formula is C8H12N2O2S. The first-order chi connectivity index (χ1) is 6.41. The number of rotatable bonds is 8. The molecule has 4 nitrogen and oxygen atoms in total. The summed E-state index contributed by atoms with van der Waals surface area (Å²) in [6, 6.07) is 0. The first kappa shape index (κ1) is 12.1. The van der Waals surface area contributed by atoms with Crippen LogP contribution in [0.1, 0.15) is 25.7 Å². The smallest absolute Gasteiger partial charge is 0.211 e. The Morgan fingerprint density at radius 2 is 1.77 bits per heavy atom. The van der Waals surface area contributed by atoms with E-state index in [1.165, 1.54) is 24.1 Å². The van der Waals surface area contributed by atoms with Crippen molar-refractivity contribution >= 4 is 24.1 Å². The molecule has 5 heteroatoms. The maximum Gasteiger partial charge on any atom is 0.247 e. The van der Waals surface area contributed by atoms with Gasteiger partial charge in [0.2, 0.25) is 12.2 Å². The van der Waals surface area contributed by atoms with Crippen LogP contribution in [0.2, 0.25) is 0 Å². The fourth-order valence-electron chi connectivity index (χ4n) is 0.829. The van der Waals surface area contributed by atoms with Crippen LogP contribution >= 0.6 is 11.9 Å². The fourth-order valence-corrected chi connectivity index (χ4v) is 1.31. The number of hydrogen-bond donors (Lipinski definition) is 0. The molecule has 0 aliphatic heterocycles. The number of isocyanates is 2. The SMILES string of the molecule is O=C=NCCCCCCSN=C=O. The summed E-state index contributed by atoms with van der Waals surface area (Å²) >= 11 is 1.24. The standard InChI is InChI=1S/C8H12N2O2S/c11-7-9-5-3-1-2-4-6-13-10-8-12/h1-6H2. The molecule has 0 unspecified atom stereocenters. The van der Waals surface area contributed by atoms with Crippen molar-refractivity contribution in [3.8, 4) is 0 Å². The van der Waals surface area contributed by atoms with Gasteiger partial charge in [0.05, 0.1) is 6.54 Å². The second kappa shape index (κ2) is 11.1. The van der Waals surface area contributed by atoms with Gasteiger partial charge in [-0.05, 0) is 24.8 Å². The van der Waals surface area contributed by atoms with Crippen LogP contribution < -0.4 is 0 Å². The molecule has 0 aromatic rings. The molecule has 0 aliphatic carbocycles. The lowest BCUT2D eigenvalue weighted by Crippen LogP contribution is -1.83. The summed E-state index contributed by atoms with van der Waals surface area (Å²) in [7, 11) is 0. The van der Waals surface area contributed by atoms with E-state index in [4.69, 9.17) is 0 Å². The Morgan fingerprint density at radius 3 is 2.46 bits per heavy atom. The second-order valence-corrected chi connectivity index (χ2v) is 3.25. The molecule has 0 aromatic carbocycles. The molecule has 0 aromatic heterocycles. The van der Waals surface area contributed by atoms with Gasteiger partial charge in [-0.25, -0.2) is 14.6 Å². The van der Waals surface area contributed by atoms with Gasteiger partial charge in [0, 0.05) is 5.75 Å². The Hall–Kier alpha value is -0.890. The van der Waals surface area contributed by atoms with Crippen molar-refractivity contribution in [1.29, 1.82) is 0 Å². The Bertz CT molecular complexity index is 186. The molecule has 0 fully saturated rings. The average molecular weight is 200 g/mol. The minimum Gasteiger partial charge on any atom is -0.211 e. The summed E-state index contributed by atoms with van der Waals surface area (Å²) in [4.78, 5) is 22.8. The Labute approximate surface area is 81.7 Å². The van der Waals surface area contributed by atoms with Crippen molar-refractivity contribution in [3.05, 3.63) is 0 Å². The topological polar surface area (TPSA) is 58.9 Å². The van der Waals surface area contributed by atoms with E-state index in [2.05, 4.69) is 9.39 Å². The van der Waals surface area contributed by atoms with Crippen molar-refractivity contribution in [2.45, 2.75) is 25.7 Å². The van der Waals surface area contributed by atoms with Crippen molar-refractivity contribution in [3.63, 3.8) is 0 Å². The van der Waals surface area contributed by atoms with Crippen LogP contribution in [0.25, 0.3) is 0 Å². The largest absolute Gasteiger partial charge is 0.247 e. The van der Waals surface area contributed by atoms with Gasteiger partial charge in [0.25, 0.3) is 0 Å². The van der Waals surface area contributed by atoms with Gasteiger partial charge in [-0.2, -0.15) is 0 Å². The molecule has 0 amide bonds. The molecule has 0 rings (SSSR count). The Balaban J connectivity index is 2.99. The summed E-state index contributed by atoms with van der Waals surface area (Å²) < 4.78 is 3.36. The van der Waals surface area contributed by atoms with Crippen LogP contribution in [0.15, 0.2) is 9.39 Å². The van der Waals surface area contributed by atoms with Gasteiger partial charge in [-0.3, -0.25) is 0 Å². The maximum absolute atomic E-state index is 9.67. The van der Waals surface area contributed by atoms with E-state index < -0.39 is 0 Å². The monoisotopic (exact) mass is 200 g/mol. The summed E-state index contributed by atoms with van der Waals surface area (Å²) in [5.74, 6) is 0.853. The minimum atomic E-state index is 0.573. The van der Waals surface area contributed by atoms with Gasteiger partial charge < -0.3 is 0 Å². The summed E-state index contributed by atoms with van der Waals surface area (Å²) in [5, 5.41) is 0. The van der Waals surface area contributed by atoms with E-state index in [1.807, 2.05) is 0 Å². The van der Waals surface area contributed by atoms with Gasteiger partial charge in [-0.15, -0.1) is 4.40 Å². The van der Waals surface area contributed by atoms with Crippen LogP contribution in [0.3, 0.4) is 0 Å². The number of aliphatic imine (C=N–C) groups is 1. The number of carbonyl (C=O) groups excluding carboxylic acids is 2. The lowest BCUT2D eigenvalue weighted by atomic mass is 10.2. The van der Waals surface area contributed by atoms with Gasteiger partial charge in [-0.1, -0.05) is 12.8 Å². The Kier molecular flexibility index (Phi) is 10.3. The molecule has 13 heavy (non-hydrogen) atoms. The zero-order valence-electron chi connectivity index (χ0n) is 7.36. The quantitative estimate of drug-likeness (QED) is 0.260. The molecule has 0 bridgehead atoms. The van der Waals surface area contributed by atoms with E-state index in [0.29, 0.717) is 6.54 Å². The summed E-state index contributed by atoms with van der Waals surface area (Å²) in [6.45, 7) is 0.573. The second-order valence-electron chi connectivity index (χ2n) is 2.40. The van der Waals surface area contributed by atoms with Crippen LogP contribution in [-0.2, 0) is 9.59 Å². The molecule has 72 valence electrons. The van der Waals surface area contributed by atoms with E-state index in [0.717, 1.165) is 31.4 Å². The third kappa shape index (κ3) is 11.1. The van der Waals surface area contributed by atoms with Crippen molar-refractivity contribution in [1.82, 2.24) is 0 Å². The van der Waals surface area contributed by atoms with Crippen LogP contribution in [0.5, 0.6) is 0 Å². The molecule has 0 aliphatic rings. The molecule has 0 N–H and O–H groups in total. The van der Waals surface area contributed by atoms with E-state index in [-0.39, 0.29) is 0 Å². The fraction of sp³-hybridized carbons (Fsp3) is 0.750. The molecule has 0 atom stereocenters. The minimum absolute atomic E-state index is 0.573. The van der Waals surface area contributed by atoms with Crippen molar-refractivity contribution in [2.24, 2.45) is 9.39 Å². The van der Waals surface area contributed by atoms with Gasteiger partial charge >= 0.3 is 0 Å². The summed E-state index contributed by atoms with van der Waals surface area (Å²) in [6.07, 6.45) is 7.05. The van der Waals surface area contributed by atoms with Crippen LogP contribution in [0, 0.1) is 0 Å². The normalized spacial score (nSPS) is 8.62. The predicted molar refractivity (Wildman–Crippen MR) is 52.0 cm³/mol. The number of hydrogen-bond acceptors (Lipinski definition) is 5. The highest BCUT2D eigenvalue weighted by atomic mass is 32.2. The van der Waals surface area contributed by atoms with E-state index in [9.17, 15) is 9.59 Å². The maximum atomic E-state index is 9.67. The van der Waals surface area contributed by atoms with Crippen molar-refractivity contribution in [2.75, 3.05) is 12.3 Å². The third-order valence-electron chi connectivity index (χ3n) is 1.42. The van der Waals surface area contributed by atoms with Crippen LogP contribution in [-0.4, -0.2) is 24.5 Å².